The van der Waals surface area contributed by atoms with Crippen molar-refractivity contribution in [3.63, 3.8) is 0 Å². The molecule has 3 rings (SSSR count). The Balaban J connectivity index is 1.73. The molecule has 0 saturated carbocycles. The van der Waals surface area contributed by atoms with Crippen molar-refractivity contribution in [2.24, 2.45) is 5.92 Å². The third kappa shape index (κ3) is 4.83. The SMILES string of the molecule is CC1CCN(c2cnc3c(Br)cn(COCC[Si](C)(C)C)c3n2)CC1. The molecular weight excluding hydrogens is 396 g/mol. The molecular formula is C18H29BrN4OSi. The first kappa shape index (κ1) is 18.9. The highest BCUT2D eigenvalue weighted by atomic mass is 79.9. The van der Waals surface area contributed by atoms with Gasteiger partial charge in [0.05, 0.1) is 10.7 Å². The van der Waals surface area contributed by atoms with E-state index in [0.29, 0.717) is 6.73 Å². The maximum Gasteiger partial charge on any atom is 0.164 e. The van der Waals surface area contributed by atoms with E-state index in [9.17, 15) is 0 Å². The summed E-state index contributed by atoms with van der Waals surface area (Å²) in [6, 6.07) is 1.18. The molecule has 0 atom stereocenters. The molecule has 138 valence electrons. The van der Waals surface area contributed by atoms with Crippen LogP contribution in [0.4, 0.5) is 5.82 Å². The summed E-state index contributed by atoms with van der Waals surface area (Å²) in [7, 11) is -1.06. The Labute approximate surface area is 159 Å². The number of piperidine rings is 1. The van der Waals surface area contributed by atoms with Crippen LogP contribution in [0.2, 0.25) is 25.7 Å². The standard InChI is InChI=1S/C18H29BrN4OSi/c1-14-5-7-22(8-6-14)16-11-20-17-15(19)12-23(18(17)21-16)13-24-9-10-25(2,3)4/h11-12,14H,5-10,13H2,1-4H3. The first-order chi connectivity index (χ1) is 11.8. The van der Waals surface area contributed by atoms with Crippen LogP contribution in [0.25, 0.3) is 11.2 Å². The summed E-state index contributed by atoms with van der Waals surface area (Å²) in [6.45, 7) is 12.9. The van der Waals surface area contributed by atoms with E-state index in [4.69, 9.17) is 9.72 Å². The maximum atomic E-state index is 5.91. The van der Waals surface area contributed by atoms with Crippen molar-refractivity contribution in [1.82, 2.24) is 14.5 Å². The van der Waals surface area contributed by atoms with Gasteiger partial charge in [0.1, 0.15) is 18.1 Å². The third-order valence-corrected chi connectivity index (χ3v) is 7.13. The van der Waals surface area contributed by atoms with Gasteiger partial charge in [-0.1, -0.05) is 26.6 Å². The van der Waals surface area contributed by atoms with Gasteiger partial charge in [-0.3, -0.25) is 0 Å². The molecule has 1 aliphatic heterocycles. The van der Waals surface area contributed by atoms with Gasteiger partial charge in [-0.2, -0.15) is 0 Å². The summed E-state index contributed by atoms with van der Waals surface area (Å²) in [5, 5.41) is 0. The summed E-state index contributed by atoms with van der Waals surface area (Å²) < 4.78 is 8.95. The molecule has 0 aromatic carbocycles. The highest BCUT2D eigenvalue weighted by Gasteiger charge is 2.19. The average Bonchev–Trinajstić information content (AvgIpc) is 2.87. The third-order valence-electron chi connectivity index (χ3n) is 4.84. The summed E-state index contributed by atoms with van der Waals surface area (Å²) in [5.41, 5.74) is 1.80. The zero-order chi connectivity index (χ0) is 18.0. The quantitative estimate of drug-likeness (QED) is 0.495. The zero-order valence-electron chi connectivity index (χ0n) is 15.8. The van der Waals surface area contributed by atoms with Crippen LogP contribution in [0, 0.1) is 5.92 Å². The smallest absolute Gasteiger partial charge is 0.164 e. The first-order valence-corrected chi connectivity index (χ1v) is 13.7. The number of hydrogen-bond donors (Lipinski definition) is 0. The van der Waals surface area contributed by atoms with E-state index >= 15 is 0 Å². The first-order valence-electron chi connectivity index (χ1n) is 9.17. The van der Waals surface area contributed by atoms with Crippen LogP contribution in [0.15, 0.2) is 16.9 Å². The fourth-order valence-corrected chi connectivity index (χ4v) is 4.31. The molecule has 7 heteroatoms. The molecule has 1 saturated heterocycles. The number of hydrogen-bond acceptors (Lipinski definition) is 4. The van der Waals surface area contributed by atoms with Gasteiger partial charge in [-0.15, -0.1) is 0 Å². The molecule has 3 heterocycles. The minimum absolute atomic E-state index is 0.530. The lowest BCUT2D eigenvalue weighted by atomic mass is 9.99. The molecule has 0 unspecified atom stereocenters. The van der Waals surface area contributed by atoms with Crippen molar-refractivity contribution in [3.05, 3.63) is 16.9 Å². The molecule has 0 spiro atoms. The van der Waals surface area contributed by atoms with Gasteiger partial charge in [0.2, 0.25) is 0 Å². The molecule has 1 fully saturated rings. The summed E-state index contributed by atoms with van der Waals surface area (Å²) in [4.78, 5) is 11.9. The van der Waals surface area contributed by atoms with Gasteiger partial charge >= 0.3 is 0 Å². The molecule has 2 aromatic heterocycles. The van der Waals surface area contributed by atoms with Gasteiger partial charge < -0.3 is 14.2 Å². The highest BCUT2D eigenvalue weighted by Crippen LogP contribution is 2.27. The van der Waals surface area contributed by atoms with E-state index in [-0.39, 0.29) is 0 Å². The van der Waals surface area contributed by atoms with Gasteiger partial charge in [0, 0.05) is 34.0 Å². The van der Waals surface area contributed by atoms with Crippen LogP contribution in [0.5, 0.6) is 0 Å². The fourth-order valence-electron chi connectivity index (χ4n) is 3.03. The predicted molar refractivity (Wildman–Crippen MR) is 110 cm³/mol. The lowest BCUT2D eigenvalue weighted by Crippen LogP contribution is -2.33. The van der Waals surface area contributed by atoms with Crippen LogP contribution < -0.4 is 4.90 Å². The fraction of sp³-hybridized carbons (Fsp3) is 0.667. The lowest BCUT2D eigenvalue weighted by molar-refractivity contribution is 0.0898. The van der Waals surface area contributed by atoms with Gasteiger partial charge in [0.15, 0.2) is 5.65 Å². The van der Waals surface area contributed by atoms with Crippen molar-refractivity contribution >= 4 is 41.0 Å². The van der Waals surface area contributed by atoms with Gasteiger partial charge in [0.25, 0.3) is 0 Å². The second-order valence-corrected chi connectivity index (χ2v) is 14.8. The minimum Gasteiger partial charge on any atom is -0.361 e. The normalized spacial score (nSPS) is 16.8. The van der Waals surface area contributed by atoms with Crippen molar-refractivity contribution in [3.8, 4) is 0 Å². The van der Waals surface area contributed by atoms with E-state index in [1.165, 1.54) is 18.9 Å². The van der Waals surface area contributed by atoms with Crippen LogP contribution in [-0.4, -0.2) is 42.3 Å². The Morgan fingerprint density at radius 2 is 2.00 bits per heavy atom. The van der Waals surface area contributed by atoms with E-state index in [2.05, 4.69) is 56.9 Å². The van der Waals surface area contributed by atoms with Crippen molar-refractivity contribution in [2.75, 3.05) is 24.6 Å². The lowest BCUT2D eigenvalue weighted by Gasteiger charge is -2.30. The molecule has 5 nitrogen and oxygen atoms in total. The maximum absolute atomic E-state index is 5.91. The largest absolute Gasteiger partial charge is 0.361 e. The average molecular weight is 425 g/mol. The van der Waals surface area contributed by atoms with E-state index in [0.717, 1.165) is 47.1 Å². The molecule has 0 N–H and O–H groups in total. The number of nitrogens with zero attached hydrogens (tertiary/aromatic N) is 4. The van der Waals surface area contributed by atoms with Crippen molar-refractivity contribution in [1.29, 1.82) is 0 Å². The highest BCUT2D eigenvalue weighted by molar-refractivity contribution is 9.10. The molecule has 0 amide bonds. The van der Waals surface area contributed by atoms with Gasteiger partial charge in [-0.05, 0) is 40.7 Å². The molecule has 0 aliphatic carbocycles. The van der Waals surface area contributed by atoms with Crippen LogP contribution >= 0.6 is 15.9 Å². The Bertz CT molecular complexity index is 720. The van der Waals surface area contributed by atoms with Gasteiger partial charge in [-0.25, -0.2) is 9.97 Å². The number of fused-ring (bicyclic) bond motifs is 1. The van der Waals surface area contributed by atoms with Crippen molar-refractivity contribution in [2.45, 2.75) is 52.2 Å². The van der Waals surface area contributed by atoms with Crippen molar-refractivity contribution < 1.29 is 4.74 Å². The molecule has 0 bridgehead atoms. The minimum atomic E-state index is -1.06. The molecule has 0 radical (unpaired) electrons. The predicted octanol–water partition coefficient (Wildman–Crippen LogP) is 4.74. The number of rotatable bonds is 6. The number of anilines is 1. The zero-order valence-corrected chi connectivity index (χ0v) is 18.3. The topological polar surface area (TPSA) is 43.2 Å². The summed E-state index contributed by atoms with van der Waals surface area (Å²) in [5.74, 6) is 1.79. The second kappa shape index (κ2) is 7.76. The van der Waals surface area contributed by atoms with Crippen LogP contribution in [0.3, 0.4) is 0 Å². The Morgan fingerprint density at radius 1 is 1.28 bits per heavy atom. The van der Waals surface area contributed by atoms with E-state index in [1.54, 1.807) is 0 Å². The van der Waals surface area contributed by atoms with E-state index in [1.807, 2.05) is 12.4 Å². The Hall–Kier alpha value is -0.923. The second-order valence-electron chi connectivity index (χ2n) is 8.36. The number of ether oxygens (including phenoxy) is 1. The van der Waals surface area contributed by atoms with Crippen LogP contribution in [-0.2, 0) is 11.5 Å². The summed E-state index contributed by atoms with van der Waals surface area (Å²) >= 11 is 3.60. The Morgan fingerprint density at radius 3 is 2.68 bits per heavy atom. The molecule has 1 aliphatic rings. The van der Waals surface area contributed by atoms with E-state index < -0.39 is 8.07 Å². The molecule has 2 aromatic rings. The van der Waals surface area contributed by atoms with Crippen LogP contribution in [0.1, 0.15) is 19.8 Å². The summed E-state index contributed by atoms with van der Waals surface area (Å²) in [6.07, 6.45) is 6.38. The number of aromatic nitrogens is 3. The Kier molecular flexibility index (Phi) is 5.85. The number of halogens is 1. The monoisotopic (exact) mass is 424 g/mol. The molecule has 25 heavy (non-hydrogen) atoms.